The molecule has 1 heterocycles. The van der Waals surface area contributed by atoms with Crippen molar-refractivity contribution in [1.82, 2.24) is 0 Å². The first-order chi connectivity index (χ1) is 8.86. The van der Waals surface area contributed by atoms with Gasteiger partial charge in [-0.2, -0.15) is 5.26 Å². The van der Waals surface area contributed by atoms with Crippen LogP contribution in [0.4, 0.5) is 5.69 Å². The molecule has 7 heteroatoms. The Morgan fingerprint density at radius 3 is 2.79 bits per heavy atom. The number of nitriles is 1. The summed E-state index contributed by atoms with van der Waals surface area (Å²) < 4.78 is 24.1. The lowest BCUT2D eigenvalue weighted by Gasteiger charge is -2.32. The normalized spacial score (nSPS) is 25.5. The number of halogens is 2. The Morgan fingerprint density at radius 1 is 1.47 bits per heavy atom. The average molecular weight is 364 g/mol. The van der Waals surface area contributed by atoms with Crippen LogP contribution in [0.3, 0.4) is 0 Å². The molecule has 102 valence electrons. The molecule has 0 spiro atoms. The molecular formula is C12H12BrClN2O2S. The van der Waals surface area contributed by atoms with Gasteiger partial charge in [0.05, 0.1) is 22.6 Å². The van der Waals surface area contributed by atoms with E-state index in [4.69, 9.17) is 11.6 Å². The van der Waals surface area contributed by atoms with Crippen molar-refractivity contribution in [3.63, 3.8) is 0 Å². The summed E-state index contributed by atoms with van der Waals surface area (Å²) in [5.74, 6) is -0.000826. The predicted octanol–water partition coefficient (Wildman–Crippen LogP) is 2.99. The Morgan fingerprint density at radius 2 is 2.21 bits per heavy atom. The second-order valence-corrected chi connectivity index (χ2v) is 8.09. The molecule has 1 aromatic rings. The maximum absolute atomic E-state index is 11.7. The van der Waals surface area contributed by atoms with Gasteiger partial charge in [-0.15, -0.1) is 0 Å². The van der Waals surface area contributed by atoms with Gasteiger partial charge in [0, 0.05) is 10.2 Å². The van der Waals surface area contributed by atoms with Gasteiger partial charge in [0.15, 0.2) is 9.84 Å². The predicted molar refractivity (Wildman–Crippen MR) is 79.0 cm³/mol. The maximum atomic E-state index is 11.7. The van der Waals surface area contributed by atoms with Crippen molar-refractivity contribution >= 4 is 43.1 Å². The molecule has 0 bridgehead atoms. The average Bonchev–Trinajstić information content (AvgIpc) is 2.33. The van der Waals surface area contributed by atoms with Crippen molar-refractivity contribution in [3.05, 3.63) is 27.7 Å². The van der Waals surface area contributed by atoms with Crippen LogP contribution in [-0.4, -0.2) is 25.5 Å². The van der Waals surface area contributed by atoms with E-state index in [0.717, 1.165) is 0 Å². The van der Waals surface area contributed by atoms with E-state index < -0.39 is 15.4 Å². The lowest BCUT2D eigenvalue weighted by Crippen LogP contribution is -2.47. The van der Waals surface area contributed by atoms with Gasteiger partial charge in [-0.25, -0.2) is 8.42 Å². The molecule has 0 aliphatic carbocycles. The number of hydrogen-bond acceptors (Lipinski definition) is 4. The van der Waals surface area contributed by atoms with Crippen molar-refractivity contribution in [2.24, 2.45) is 0 Å². The highest BCUT2D eigenvalue weighted by Gasteiger charge is 2.39. The van der Waals surface area contributed by atoms with E-state index in [0.29, 0.717) is 28.0 Å². The van der Waals surface area contributed by atoms with Crippen LogP contribution in [0.1, 0.15) is 12.8 Å². The quantitative estimate of drug-likeness (QED) is 0.877. The first-order valence-electron chi connectivity index (χ1n) is 5.71. The number of sulfone groups is 1. The van der Waals surface area contributed by atoms with Crippen molar-refractivity contribution in [3.8, 4) is 6.07 Å². The van der Waals surface area contributed by atoms with Crippen molar-refractivity contribution < 1.29 is 8.42 Å². The van der Waals surface area contributed by atoms with Crippen molar-refractivity contribution in [2.45, 2.75) is 18.4 Å². The molecule has 1 N–H and O–H groups in total. The Bertz CT molecular complexity index is 642. The molecule has 1 aliphatic heterocycles. The van der Waals surface area contributed by atoms with Crippen LogP contribution in [0, 0.1) is 11.3 Å². The SMILES string of the molecule is N#CC1(Nc2ccc(Cl)c(Br)c2)CCCS(=O)(=O)C1. The van der Waals surface area contributed by atoms with E-state index in [-0.39, 0.29) is 11.5 Å². The van der Waals surface area contributed by atoms with Gasteiger partial charge in [-0.1, -0.05) is 11.6 Å². The third-order valence-corrected chi connectivity index (χ3v) is 6.10. The molecule has 1 aromatic carbocycles. The molecule has 2 rings (SSSR count). The van der Waals surface area contributed by atoms with Crippen LogP contribution in [0.15, 0.2) is 22.7 Å². The lowest BCUT2D eigenvalue weighted by atomic mass is 9.97. The Hall–Kier alpha value is -0.770. The smallest absolute Gasteiger partial charge is 0.153 e. The molecule has 1 aliphatic rings. The first-order valence-corrected chi connectivity index (χ1v) is 8.70. The van der Waals surface area contributed by atoms with Crippen LogP contribution >= 0.6 is 27.5 Å². The highest BCUT2D eigenvalue weighted by molar-refractivity contribution is 9.10. The molecule has 0 radical (unpaired) electrons. The number of nitrogens with zero attached hydrogens (tertiary/aromatic N) is 1. The third kappa shape index (κ3) is 3.41. The standard InChI is InChI=1S/C12H12BrClN2O2S/c13-10-6-9(2-3-11(10)14)16-12(7-15)4-1-5-19(17,18)8-12/h2-3,6,16H,1,4-5,8H2. The molecule has 0 saturated carbocycles. The minimum absolute atomic E-state index is 0.155. The van der Waals surface area contributed by atoms with Gasteiger partial charge in [-0.3, -0.25) is 0 Å². The van der Waals surface area contributed by atoms with Crippen molar-refractivity contribution in [1.29, 1.82) is 5.26 Å². The highest BCUT2D eigenvalue weighted by Crippen LogP contribution is 2.30. The summed E-state index contributed by atoms with van der Waals surface area (Å²) in [5.41, 5.74) is -0.375. The van der Waals surface area contributed by atoms with E-state index in [2.05, 4.69) is 27.3 Å². The lowest BCUT2D eigenvalue weighted by molar-refractivity contribution is 0.519. The molecule has 1 fully saturated rings. The van der Waals surface area contributed by atoms with Gasteiger partial charge in [0.2, 0.25) is 0 Å². The van der Waals surface area contributed by atoms with Gasteiger partial charge in [0.1, 0.15) is 5.54 Å². The topological polar surface area (TPSA) is 70.0 Å². The molecule has 1 saturated heterocycles. The monoisotopic (exact) mass is 362 g/mol. The highest BCUT2D eigenvalue weighted by atomic mass is 79.9. The van der Waals surface area contributed by atoms with E-state index in [1.165, 1.54) is 0 Å². The van der Waals surface area contributed by atoms with Crippen LogP contribution in [0.25, 0.3) is 0 Å². The largest absolute Gasteiger partial charge is 0.367 e. The summed E-state index contributed by atoms with van der Waals surface area (Å²) in [6.07, 6.45) is 1.01. The maximum Gasteiger partial charge on any atom is 0.153 e. The summed E-state index contributed by atoms with van der Waals surface area (Å²) >= 11 is 9.20. The number of hydrogen-bond donors (Lipinski definition) is 1. The summed E-state index contributed by atoms with van der Waals surface area (Å²) in [6, 6.07) is 7.28. The minimum atomic E-state index is -3.16. The molecular weight excluding hydrogens is 352 g/mol. The number of benzene rings is 1. The fourth-order valence-corrected chi connectivity index (χ4v) is 4.44. The number of anilines is 1. The van der Waals surface area contributed by atoms with E-state index in [9.17, 15) is 13.7 Å². The molecule has 0 aromatic heterocycles. The fraction of sp³-hybridized carbons (Fsp3) is 0.417. The molecule has 1 unspecified atom stereocenters. The molecule has 1 atom stereocenters. The van der Waals surface area contributed by atoms with E-state index in [1.54, 1.807) is 18.2 Å². The summed E-state index contributed by atoms with van der Waals surface area (Å²) in [7, 11) is -3.16. The van der Waals surface area contributed by atoms with Gasteiger partial charge in [-0.05, 0) is 47.0 Å². The van der Waals surface area contributed by atoms with Crippen LogP contribution < -0.4 is 5.32 Å². The summed E-state index contributed by atoms with van der Waals surface area (Å²) in [5, 5.41) is 12.9. The Balaban J connectivity index is 2.28. The van der Waals surface area contributed by atoms with Crippen LogP contribution in [-0.2, 0) is 9.84 Å². The number of rotatable bonds is 2. The molecule has 0 amide bonds. The van der Waals surface area contributed by atoms with Crippen molar-refractivity contribution in [2.75, 3.05) is 16.8 Å². The second kappa shape index (κ2) is 5.31. The summed E-state index contributed by atoms with van der Waals surface area (Å²) in [4.78, 5) is 0. The fourth-order valence-electron chi connectivity index (χ4n) is 2.18. The van der Waals surface area contributed by atoms with E-state index in [1.807, 2.05) is 0 Å². The minimum Gasteiger partial charge on any atom is -0.367 e. The van der Waals surface area contributed by atoms with Gasteiger partial charge in [0.25, 0.3) is 0 Å². The number of nitrogens with one attached hydrogen (secondary N) is 1. The Labute approximate surface area is 125 Å². The third-order valence-electron chi connectivity index (χ3n) is 3.04. The van der Waals surface area contributed by atoms with E-state index >= 15 is 0 Å². The van der Waals surface area contributed by atoms with Gasteiger partial charge < -0.3 is 5.32 Å². The van der Waals surface area contributed by atoms with Crippen LogP contribution in [0.5, 0.6) is 0 Å². The first kappa shape index (κ1) is 14.6. The summed E-state index contributed by atoms with van der Waals surface area (Å²) in [6.45, 7) is 0. The molecule has 19 heavy (non-hydrogen) atoms. The molecule has 4 nitrogen and oxygen atoms in total. The Kier molecular flexibility index (Phi) is 4.09. The zero-order valence-corrected chi connectivity index (χ0v) is 13.1. The second-order valence-electron chi connectivity index (χ2n) is 4.64. The van der Waals surface area contributed by atoms with Gasteiger partial charge >= 0.3 is 0 Å². The zero-order valence-electron chi connectivity index (χ0n) is 9.99. The van der Waals surface area contributed by atoms with Crippen LogP contribution in [0.2, 0.25) is 5.02 Å². The zero-order chi connectivity index (χ0) is 14.1.